The zero-order valence-corrected chi connectivity index (χ0v) is 20.2. The summed E-state index contributed by atoms with van der Waals surface area (Å²) >= 11 is 6.31. The number of fused-ring (bicyclic) bond motifs is 2. The first kappa shape index (κ1) is 22.8. The fraction of sp³-hybridized carbons (Fsp3) is 0.208. The summed E-state index contributed by atoms with van der Waals surface area (Å²) in [6, 6.07) is 8.62. The summed E-state index contributed by atoms with van der Waals surface area (Å²) in [5.41, 5.74) is 12.0. The highest BCUT2D eigenvalue weighted by Crippen LogP contribution is 2.33. The molecule has 0 saturated heterocycles. The largest absolute Gasteiger partial charge is 0.494 e. The first-order chi connectivity index (χ1) is 18.1. The lowest BCUT2D eigenvalue weighted by molar-refractivity contribution is 0.0906. The molecule has 6 rings (SSSR count). The summed E-state index contributed by atoms with van der Waals surface area (Å²) in [6.07, 6.45) is 7.98. The van der Waals surface area contributed by atoms with Gasteiger partial charge in [-0.25, -0.2) is 14.2 Å². The average molecular weight is 515 g/mol. The molecule has 4 heterocycles. The molecule has 1 saturated carbocycles. The predicted molar refractivity (Wildman–Crippen MR) is 136 cm³/mol. The number of aromatic nitrogens is 6. The first-order valence-corrected chi connectivity index (χ1v) is 11.8. The zero-order valence-electron chi connectivity index (χ0n) is 19.5. The first-order valence-electron chi connectivity index (χ1n) is 11.4. The molecule has 1 fully saturated rings. The van der Waals surface area contributed by atoms with Gasteiger partial charge in [0.15, 0.2) is 11.3 Å². The molecule has 1 aliphatic rings. The third kappa shape index (κ3) is 3.98. The molecular formula is C24H19ClN10O2. The molecule has 13 heteroatoms. The number of carbonyl (C=O) groups excluding carboxylic acids is 1. The fourth-order valence-corrected chi connectivity index (χ4v) is 4.64. The van der Waals surface area contributed by atoms with Crippen LogP contribution in [0, 0.1) is 0 Å². The summed E-state index contributed by atoms with van der Waals surface area (Å²) in [6.45, 7) is 0. The SMILES string of the molecule is COc1ccc(Cl)cc1-n1nc(C(=O)NC2CC(N=[N+]=[N-])C2)c2cnc(-c3cnn4cccnc34)cc21. The number of nitrogens with one attached hydrogen (secondary N) is 1. The molecule has 5 aromatic rings. The molecule has 0 bridgehead atoms. The topological polar surface area (TPSA) is 148 Å². The van der Waals surface area contributed by atoms with Gasteiger partial charge < -0.3 is 10.1 Å². The van der Waals surface area contributed by atoms with Gasteiger partial charge in [0, 0.05) is 40.6 Å². The number of hydrogen-bond donors (Lipinski definition) is 1. The molecule has 1 amide bonds. The van der Waals surface area contributed by atoms with Crippen LogP contribution in [0.5, 0.6) is 5.75 Å². The Bertz CT molecular complexity index is 1720. The van der Waals surface area contributed by atoms with E-state index in [-0.39, 0.29) is 23.7 Å². The van der Waals surface area contributed by atoms with E-state index in [0.717, 1.165) is 5.56 Å². The number of rotatable bonds is 6. The Labute approximate surface area is 214 Å². The molecule has 4 aromatic heterocycles. The lowest BCUT2D eigenvalue weighted by atomic mass is 9.87. The Balaban J connectivity index is 1.48. The highest BCUT2D eigenvalue weighted by molar-refractivity contribution is 6.30. The van der Waals surface area contributed by atoms with Gasteiger partial charge >= 0.3 is 0 Å². The number of nitrogens with zero attached hydrogens (tertiary/aromatic N) is 9. The second kappa shape index (κ2) is 9.08. The highest BCUT2D eigenvalue weighted by Gasteiger charge is 2.31. The maximum Gasteiger partial charge on any atom is 0.272 e. The van der Waals surface area contributed by atoms with Gasteiger partial charge in [-0.2, -0.15) is 10.2 Å². The Morgan fingerprint density at radius 1 is 1.27 bits per heavy atom. The molecule has 0 spiro atoms. The minimum Gasteiger partial charge on any atom is -0.494 e. The number of hydrogen-bond acceptors (Lipinski definition) is 7. The minimum absolute atomic E-state index is 0.0963. The summed E-state index contributed by atoms with van der Waals surface area (Å²) in [4.78, 5) is 25.2. The summed E-state index contributed by atoms with van der Waals surface area (Å²) in [5, 5.41) is 16.7. The number of azide groups is 1. The number of pyridine rings is 1. The molecule has 0 aliphatic heterocycles. The van der Waals surface area contributed by atoms with E-state index in [1.807, 2.05) is 6.07 Å². The van der Waals surface area contributed by atoms with Crippen molar-refractivity contribution in [3.8, 4) is 22.7 Å². The van der Waals surface area contributed by atoms with Crippen molar-refractivity contribution in [1.82, 2.24) is 34.7 Å². The van der Waals surface area contributed by atoms with E-state index < -0.39 is 0 Å². The van der Waals surface area contributed by atoms with Crippen LogP contribution in [0.3, 0.4) is 0 Å². The van der Waals surface area contributed by atoms with Gasteiger partial charge in [-0.3, -0.25) is 9.78 Å². The maximum absolute atomic E-state index is 13.3. The molecule has 1 aliphatic carbocycles. The zero-order chi connectivity index (χ0) is 25.5. The van der Waals surface area contributed by atoms with E-state index in [1.54, 1.807) is 65.4 Å². The molecule has 184 valence electrons. The van der Waals surface area contributed by atoms with Gasteiger partial charge in [0.25, 0.3) is 5.91 Å². The molecule has 1 N–H and O–H groups in total. The van der Waals surface area contributed by atoms with Gasteiger partial charge in [-0.15, -0.1) is 0 Å². The van der Waals surface area contributed by atoms with Crippen molar-refractivity contribution in [1.29, 1.82) is 0 Å². The number of benzene rings is 1. The quantitative estimate of drug-likeness (QED) is 0.202. The van der Waals surface area contributed by atoms with E-state index in [4.69, 9.17) is 21.9 Å². The van der Waals surface area contributed by atoms with Crippen LogP contribution >= 0.6 is 11.6 Å². The third-order valence-corrected chi connectivity index (χ3v) is 6.60. The fourth-order valence-electron chi connectivity index (χ4n) is 4.47. The van der Waals surface area contributed by atoms with Crippen molar-refractivity contribution < 1.29 is 9.53 Å². The molecule has 1 aromatic carbocycles. The monoisotopic (exact) mass is 514 g/mol. The maximum atomic E-state index is 13.3. The molecule has 37 heavy (non-hydrogen) atoms. The van der Waals surface area contributed by atoms with Gasteiger partial charge in [0.1, 0.15) is 11.4 Å². The smallest absolute Gasteiger partial charge is 0.272 e. The lowest BCUT2D eigenvalue weighted by Crippen LogP contribution is -2.46. The van der Waals surface area contributed by atoms with Gasteiger partial charge in [0.2, 0.25) is 0 Å². The number of methoxy groups -OCH3 is 1. The van der Waals surface area contributed by atoms with E-state index in [0.29, 0.717) is 51.5 Å². The Kier molecular flexibility index (Phi) is 5.59. The summed E-state index contributed by atoms with van der Waals surface area (Å²) in [5.74, 6) is 0.189. The third-order valence-electron chi connectivity index (χ3n) is 6.37. The second-order valence-electron chi connectivity index (χ2n) is 8.61. The van der Waals surface area contributed by atoms with E-state index >= 15 is 0 Å². The Morgan fingerprint density at radius 2 is 2.14 bits per heavy atom. The molecule has 0 unspecified atom stereocenters. The van der Waals surface area contributed by atoms with E-state index in [2.05, 4.69) is 35.5 Å². The second-order valence-corrected chi connectivity index (χ2v) is 9.05. The lowest BCUT2D eigenvalue weighted by Gasteiger charge is -2.32. The van der Waals surface area contributed by atoms with E-state index in [9.17, 15) is 4.79 Å². The normalized spacial score (nSPS) is 16.8. The molecule has 12 nitrogen and oxygen atoms in total. The summed E-state index contributed by atoms with van der Waals surface area (Å²) < 4.78 is 8.85. The van der Waals surface area contributed by atoms with Crippen molar-refractivity contribution in [2.75, 3.05) is 7.11 Å². The van der Waals surface area contributed by atoms with Crippen LogP contribution < -0.4 is 10.1 Å². The molecule has 0 atom stereocenters. The van der Waals surface area contributed by atoms with Crippen molar-refractivity contribution in [2.45, 2.75) is 24.9 Å². The number of amides is 1. The van der Waals surface area contributed by atoms with Crippen molar-refractivity contribution >= 4 is 34.1 Å². The summed E-state index contributed by atoms with van der Waals surface area (Å²) in [7, 11) is 1.56. The number of halogens is 1. The van der Waals surface area contributed by atoms with Crippen LogP contribution in [0.25, 0.3) is 43.9 Å². The molecule has 0 radical (unpaired) electrons. The van der Waals surface area contributed by atoms with Crippen LogP contribution in [0.2, 0.25) is 5.02 Å². The van der Waals surface area contributed by atoms with Crippen LogP contribution in [-0.2, 0) is 0 Å². The van der Waals surface area contributed by atoms with Crippen molar-refractivity contribution in [3.63, 3.8) is 0 Å². The van der Waals surface area contributed by atoms with Gasteiger partial charge in [0.05, 0.1) is 35.5 Å². The number of ether oxygens (including phenoxy) is 1. The van der Waals surface area contributed by atoms with Crippen molar-refractivity contribution in [2.24, 2.45) is 5.11 Å². The standard InChI is InChI=1S/C24H19ClN10O2/c1-37-21-4-3-13(25)7-20(21)35-19-10-18(16-12-29-34-6-2-5-27-23(16)34)28-11-17(19)22(32-35)24(36)30-14-8-15(9-14)31-33-26/h2-7,10-12,14-15H,8-9H2,1H3,(H,30,36). The van der Waals surface area contributed by atoms with Crippen LogP contribution in [0.15, 0.2) is 60.2 Å². The highest BCUT2D eigenvalue weighted by atomic mass is 35.5. The Hall–Kier alpha value is -4.67. The van der Waals surface area contributed by atoms with Crippen LogP contribution in [-0.4, -0.2) is 54.5 Å². The Morgan fingerprint density at radius 3 is 2.95 bits per heavy atom. The average Bonchev–Trinajstić information content (AvgIpc) is 3.49. The van der Waals surface area contributed by atoms with E-state index in [1.165, 1.54) is 0 Å². The predicted octanol–water partition coefficient (Wildman–Crippen LogP) is 4.36. The van der Waals surface area contributed by atoms with Gasteiger partial charge in [-0.05, 0) is 48.7 Å². The van der Waals surface area contributed by atoms with Gasteiger partial charge in [-0.1, -0.05) is 16.7 Å². The number of carbonyl (C=O) groups is 1. The minimum atomic E-state index is -0.346. The van der Waals surface area contributed by atoms with Crippen molar-refractivity contribution in [3.05, 3.63) is 76.3 Å². The van der Waals surface area contributed by atoms with Crippen LogP contribution in [0.1, 0.15) is 23.3 Å². The molecular weight excluding hydrogens is 496 g/mol. The van der Waals surface area contributed by atoms with Crippen LogP contribution in [0.4, 0.5) is 0 Å².